The van der Waals surface area contributed by atoms with E-state index in [0.29, 0.717) is 30.1 Å². The molecule has 0 aliphatic carbocycles. The lowest BCUT2D eigenvalue weighted by atomic mass is 10.2. The topological polar surface area (TPSA) is 78.9 Å². The Hall–Kier alpha value is -2.38. The van der Waals surface area contributed by atoms with Gasteiger partial charge in [0, 0.05) is 13.1 Å². The molecule has 3 rings (SSSR count). The van der Waals surface area contributed by atoms with Crippen molar-refractivity contribution in [3.8, 4) is 5.75 Å². The van der Waals surface area contributed by atoms with Gasteiger partial charge in [-0.25, -0.2) is 4.79 Å². The van der Waals surface area contributed by atoms with Gasteiger partial charge in [0.1, 0.15) is 10.8 Å². The molecule has 2 aromatic rings. The van der Waals surface area contributed by atoms with E-state index < -0.39 is 5.97 Å². The molecule has 1 saturated heterocycles. The van der Waals surface area contributed by atoms with Gasteiger partial charge in [-0.2, -0.15) is 0 Å². The second-order valence-corrected chi connectivity index (χ2v) is 6.41. The van der Waals surface area contributed by atoms with Gasteiger partial charge in [0.15, 0.2) is 0 Å². The number of carbonyl (C=O) groups excluding carboxylic acids is 2. The summed E-state index contributed by atoms with van der Waals surface area (Å²) in [6, 6.07) is 8.30. The molecule has 2 N–H and O–H groups in total. The smallest absolute Gasteiger partial charge is 0.340 e. The molecule has 1 fully saturated rings. The maximum absolute atomic E-state index is 12.6. The van der Waals surface area contributed by atoms with Crippen LogP contribution in [-0.2, 0) is 16.1 Å². The van der Waals surface area contributed by atoms with Crippen LogP contribution in [0.2, 0.25) is 0 Å². The summed E-state index contributed by atoms with van der Waals surface area (Å²) in [4.78, 5) is 26.0. The number of hydrogen-bond acceptors (Lipinski definition) is 6. The van der Waals surface area contributed by atoms with Crippen molar-refractivity contribution in [1.29, 1.82) is 0 Å². The molecule has 1 aromatic carbocycles. The van der Waals surface area contributed by atoms with E-state index in [1.165, 1.54) is 18.4 Å². The minimum atomic E-state index is -0.435. The van der Waals surface area contributed by atoms with Crippen molar-refractivity contribution in [2.24, 2.45) is 0 Å². The number of aromatic hydroxyl groups is 1. The van der Waals surface area contributed by atoms with Gasteiger partial charge >= 0.3 is 5.97 Å². The number of methoxy groups -OCH3 is 1. The molecule has 24 heavy (non-hydrogen) atoms. The van der Waals surface area contributed by atoms with E-state index in [9.17, 15) is 14.7 Å². The number of esters is 1. The molecule has 1 aliphatic rings. The molecule has 0 spiro atoms. The highest BCUT2D eigenvalue weighted by Crippen LogP contribution is 2.31. The van der Waals surface area contributed by atoms with Crippen LogP contribution in [0.4, 0.5) is 5.00 Å². The zero-order valence-corrected chi connectivity index (χ0v) is 14.0. The van der Waals surface area contributed by atoms with Crippen LogP contribution >= 0.6 is 11.3 Å². The maximum atomic E-state index is 12.6. The van der Waals surface area contributed by atoms with Gasteiger partial charge in [-0.15, -0.1) is 11.3 Å². The minimum absolute atomic E-state index is 0.0530. The van der Waals surface area contributed by atoms with Crippen molar-refractivity contribution in [2.75, 3.05) is 18.6 Å². The number of carbonyl (C=O) groups is 2. The Morgan fingerprint density at radius 2 is 2.29 bits per heavy atom. The molecule has 1 aliphatic heterocycles. The lowest BCUT2D eigenvalue weighted by molar-refractivity contribution is -0.118. The van der Waals surface area contributed by atoms with Crippen LogP contribution in [-0.4, -0.2) is 36.7 Å². The van der Waals surface area contributed by atoms with Gasteiger partial charge in [-0.05, 0) is 35.6 Å². The van der Waals surface area contributed by atoms with E-state index in [1.54, 1.807) is 34.5 Å². The first-order valence-electron chi connectivity index (χ1n) is 7.58. The van der Waals surface area contributed by atoms with Crippen LogP contribution in [0.5, 0.6) is 5.75 Å². The molecular formula is C17H18N2O4S. The predicted octanol–water partition coefficient (Wildman–Crippen LogP) is 2.14. The highest BCUT2D eigenvalue weighted by Gasteiger charge is 2.34. The average Bonchev–Trinajstić information content (AvgIpc) is 3.19. The third-order valence-corrected chi connectivity index (χ3v) is 4.90. The van der Waals surface area contributed by atoms with Crippen molar-refractivity contribution in [3.63, 3.8) is 0 Å². The van der Waals surface area contributed by atoms with Gasteiger partial charge in [-0.1, -0.05) is 12.1 Å². The van der Waals surface area contributed by atoms with Gasteiger partial charge in [0.25, 0.3) is 0 Å². The summed E-state index contributed by atoms with van der Waals surface area (Å²) in [6.45, 7) is 1.05. The van der Waals surface area contributed by atoms with E-state index in [1.807, 2.05) is 6.07 Å². The Labute approximate surface area is 143 Å². The molecule has 6 nitrogen and oxygen atoms in total. The minimum Gasteiger partial charge on any atom is -0.508 e. The number of nitrogens with one attached hydrogen (secondary N) is 1. The second kappa shape index (κ2) is 7.02. The highest BCUT2D eigenvalue weighted by molar-refractivity contribution is 7.14. The zero-order valence-electron chi connectivity index (χ0n) is 13.2. The van der Waals surface area contributed by atoms with E-state index >= 15 is 0 Å². The number of benzene rings is 1. The molecule has 0 saturated carbocycles. The first kappa shape index (κ1) is 16.5. The largest absolute Gasteiger partial charge is 0.508 e. The maximum Gasteiger partial charge on any atom is 0.340 e. The van der Waals surface area contributed by atoms with Gasteiger partial charge in [-0.3, -0.25) is 4.79 Å². The monoisotopic (exact) mass is 346 g/mol. The fourth-order valence-corrected chi connectivity index (χ4v) is 3.67. The van der Waals surface area contributed by atoms with Gasteiger partial charge in [0.2, 0.25) is 5.91 Å². The van der Waals surface area contributed by atoms with E-state index in [2.05, 4.69) is 5.32 Å². The molecule has 0 bridgehead atoms. The summed E-state index contributed by atoms with van der Waals surface area (Å²) >= 11 is 1.36. The lowest BCUT2D eigenvalue weighted by Gasteiger charge is -2.17. The predicted molar refractivity (Wildman–Crippen MR) is 91.4 cm³/mol. The Morgan fingerprint density at radius 3 is 3.04 bits per heavy atom. The lowest BCUT2D eigenvalue weighted by Crippen LogP contribution is -2.38. The van der Waals surface area contributed by atoms with Crippen LogP contribution in [0.25, 0.3) is 0 Å². The van der Waals surface area contributed by atoms with Crippen LogP contribution in [0.1, 0.15) is 22.3 Å². The molecule has 7 heteroatoms. The Bertz CT molecular complexity index is 759. The summed E-state index contributed by atoms with van der Waals surface area (Å²) in [6.07, 6.45) is 0.663. The molecule has 0 radical (unpaired) electrons. The Kier molecular flexibility index (Phi) is 4.82. The number of anilines is 1. The first-order chi connectivity index (χ1) is 11.6. The summed E-state index contributed by atoms with van der Waals surface area (Å²) in [7, 11) is 1.33. The summed E-state index contributed by atoms with van der Waals surface area (Å²) in [5.74, 6) is -0.284. The number of nitrogens with zero attached hydrogens (tertiary/aromatic N) is 1. The first-order valence-corrected chi connectivity index (χ1v) is 8.46. The summed E-state index contributed by atoms with van der Waals surface area (Å²) in [5.41, 5.74) is 1.33. The molecule has 1 unspecified atom stereocenters. The number of phenols is 1. The third kappa shape index (κ3) is 3.27. The molecule has 1 aromatic heterocycles. The van der Waals surface area contributed by atoms with Crippen molar-refractivity contribution in [3.05, 3.63) is 46.8 Å². The average molecular weight is 346 g/mol. The zero-order chi connectivity index (χ0) is 17.1. The third-order valence-electron chi connectivity index (χ3n) is 3.96. The number of phenolic OH excluding ortho intramolecular Hbond substituents is 1. The molecule has 1 amide bonds. The summed E-state index contributed by atoms with van der Waals surface area (Å²) < 4.78 is 4.76. The number of ether oxygens (including phenoxy) is 1. The molecule has 1 atom stereocenters. The second-order valence-electron chi connectivity index (χ2n) is 5.51. The van der Waals surface area contributed by atoms with Crippen molar-refractivity contribution in [1.82, 2.24) is 5.32 Å². The normalized spacial score (nSPS) is 17.3. The van der Waals surface area contributed by atoms with Crippen LogP contribution in [0.3, 0.4) is 0 Å². The van der Waals surface area contributed by atoms with Crippen molar-refractivity contribution >= 4 is 28.2 Å². The fraction of sp³-hybridized carbons (Fsp3) is 0.294. The van der Waals surface area contributed by atoms with Crippen molar-refractivity contribution < 1.29 is 19.4 Å². The number of rotatable bonds is 5. The van der Waals surface area contributed by atoms with E-state index in [4.69, 9.17) is 4.74 Å². The summed E-state index contributed by atoms with van der Waals surface area (Å²) in [5, 5.41) is 15.1. The number of thiophene rings is 1. The van der Waals surface area contributed by atoms with E-state index in [0.717, 1.165) is 5.56 Å². The van der Waals surface area contributed by atoms with E-state index in [-0.39, 0.29) is 17.7 Å². The van der Waals surface area contributed by atoms with Crippen LogP contribution in [0.15, 0.2) is 35.7 Å². The Morgan fingerprint density at radius 1 is 1.46 bits per heavy atom. The quantitative estimate of drug-likeness (QED) is 0.811. The SMILES string of the molecule is COC(=O)c1ccsc1N1CCC(NCc2cccc(O)c2)C1=O. The molecular weight excluding hydrogens is 328 g/mol. The Balaban J connectivity index is 1.67. The number of hydrogen-bond donors (Lipinski definition) is 2. The van der Waals surface area contributed by atoms with Crippen molar-refractivity contribution in [2.45, 2.75) is 19.0 Å². The van der Waals surface area contributed by atoms with Gasteiger partial charge < -0.3 is 20.1 Å². The van der Waals surface area contributed by atoms with Gasteiger partial charge in [0.05, 0.1) is 18.7 Å². The van der Waals surface area contributed by atoms with Crippen LogP contribution in [0, 0.1) is 0 Å². The number of amides is 1. The molecule has 2 heterocycles. The molecule has 126 valence electrons. The fourth-order valence-electron chi connectivity index (χ4n) is 2.75. The van der Waals surface area contributed by atoms with Crippen LogP contribution < -0.4 is 10.2 Å². The highest BCUT2D eigenvalue weighted by atomic mass is 32.1. The standard InChI is InChI=1S/C17H18N2O4S/c1-23-17(22)13-6-8-24-16(13)19-7-5-14(15(19)21)18-10-11-3-2-4-12(20)9-11/h2-4,6,8-9,14,18,20H,5,7,10H2,1H3.